The summed E-state index contributed by atoms with van der Waals surface area (Å²) < 4.78 is 0. The number of carbonyl (C=O) groups is 2. The third kappa shape index (κ3) is 4.87. The number of hydrogen-bond acceptors (Lipinski definition) is 3. The van der Waals surface area contributed by atoms with Gasteiger partial charge >= 0.3 is 0 Å². The number of rotatable bonds is 4. The molecule has 1 spiro atoms. The van der Waals surface area contributed by atoms with Crippen LogP contribution < -0.4 is 0 Å². The van der Waals surface area contributed by atoms with Gasteiger partial charge in [-0.15, -0.1) is 0 Å². The second kappa shape index (κ2) is 8.55. The molecule has 3 aliphatic heterocycles. The molecule has 0 aliphatic carbocycles. The molecule has 3 saturated heterocycles. The molecule has 3 heterocycles. The highest BCUT2D eigenvalue weighted by Crippen LogP contribution is 2.38. The molecule has 3 fully saturated rings. The average molecular weight is 362 g/mol. The average Bonchev–Trinajstić information content (AvgIpc) is 3.14. The van der Waals surface area contributed by atoms with E-state index in [1.807, 2.05) is 15.9 Å². The molecule has 0 N–H and O–H groups in total. The maximum Gasteiger partial charge on any atom is 0.246 e. The van der Waals surface area contributed by atoms with Gasteiger partial charge in [0.1, 0.15) is 0 Å². The van der Waals surface area contributed by atoms with Gasteiger partial charge in [0, 0.05) is 38.1 Å². The van der Waals surface area contributed by atoms with Crippen molar-refractivity contribution in [3.63, 3.8) is 0 Å². The van der Waals surface area contributed by atoms with Crippen LogP contribution >= 0.6 is 0 Å². The van der Waals surface area contributed by atoms with Gasteiger partial charge in [0.25, 0.3) is 0 Å². The first-order valence-electron chi connectivity index (χ1n) is 10.4. The first-order chi connectivity index (χ1) is 12.5. The SMILES string of the molecule is CC(C)/C=C/C(=O)N1CCCC2(CCCN(CC(=O)N3CCCC3)C2)C1. The fourth-order valence-electron chi connectivity index (χ4n) is 4.81. The Kier molecular flexibility index (Phi) is 6.38. The number of amides is 2. The van der Waals surface area contributed by atoms with Gasteiger partial charge in [-0.1, -0.05) is 19.9 Å². The van der Waals surface area contributed by atoms with Crippen molar-refractivity contribution in [1.82, 2.24) is 14.7 Å². The Balaban J connectivity index is 1.57. The van der Waals surface area contributed by atoms with E-state index >= 15 is 0 Å². The number of nitrogens with zero attached hydrogens (tertiary/aromatic N) is 3. The summed E-state index contributed by atoms with van der Waals surface area (Å²) >= 11 is 0. The Bertz CT molecular complexity index is 535. The summed E-state index contributed by atoms with van der Waals surface area (Å²) in [5.41, 5.74) is 0.184. The lowest BCUT2D eigenvalue weighted by atomic mass is 9.73. The fourth-order valence-corrected chi connectivity index (χ4v) is 4.81. The maximum absolute atomic E-state index is 12.5. The van der Waals surface area contributed by atoms with E-state index < -0.39 is 0 Å². The van der Waals surface area contributed by atoms with Gasteiger partial charge in [0.15, 0.2) is 0 Å². The van der Waals surface area contributed by atoms with Crippen molar-refractivity contribution in [2.45, 2.75) is 52.4 Å². The predicted octanol–water partition coefficient (Wildman–Crippen LogP) is 2.53. The van der Waals surface area contributed by atoms with E-state index in [2.05, 4.69) is 18.7 Å². The van der Waals surface area contributed by atoms with Gasteiger partial charge in [-0.3, -0.25) is 14.5 Å². The van der Waals surface area contributed by atoms with E-state index in [0.717, 1.165) is 65.0 Å². The van der Waals surface area contributed by atoms with E-state index in [1.54, 1.807) is 6.08 Å². The van der Waals surface area contributed by atoms with Crippen LogP contribution in [0.5, 0.6) is 0 Å². The lowest BCUT2D eigenvalue weighted by Gasteiger charge is -2.48. The van der Waals surface area contributed by atoms with Crippen molar-refractivity contribution in [2.75, 3.05) is 45.8 Å². The van der Waals surface area contributed by atoms with Gasteiger partial charge in [-0.05, 0) is 57.1 Å². The van der Waals surface area contributed by atoms with E-state index in [0.29, 0.717) is 18.4 Å². The van der Waals surface area contributed by atoms with E-state index in [4.69, 9.17) is 0 Å². The minimum absolute atomic E-state index is 0.156. The summed E-state index contributed by atoms with van der Waals surface area (Å²) in [7, 11) is 0. The third-order valence-corrected chi connectivity index (χ3v) is 6.15. The van der Waals surface area contributed by atoms with E-state index in [1.165, 1.54) is 12.8 Å². The standard InChI is InChI=1S/C21H35N3O2/c1-18(2)7-8-19(25)24-14-6-10-21(17-24)9-5-11-22(16-21)15-20(26)23-12-3-4-13-23/h7-8,18H,3-6,9-17H2,1-2H3/b8-7+. The zero-order valence-electron chi connectivity index (χ0n) is 16.6. The lowest BCUT2D eigenvalue weighted by molar-refractivity contribution is -0.135. The summed E-state index contributed by atoms with van der Waals surface area (Å²) in [6.45, 7) is 10.3. The summed E-state index contributed by atoms with van der Waals surface area (Å²) in [6.07, 6.45) is 10.6. The molecule has 0 aromatic carbocycles. The predicted molar refractivity (Wildman–Crippen MR) is 104 cm³/mol. The summed E-state index contributed by atoms with van der Waals surface area (Å²) in [5, 5.41) is 0. The van der Waals surface area contributed by atoms with Crippen LogP contribution in [0.15, 0.2) is 12.2 Å². The minimum atomic E-state index is 0.156. The molecule has 1 atom stereocenters. The second-order valence-corrected chi connectivity index (χ2v) is 8.87. The third-order valence-electron chi connectivity index (χ3n) is 6.15. The molecule has 0 aromatic heterocycles. The molecular formula is C21H35N3O2. The van der Waals surface area contributed by atoms with Crippen LogP contribution in [0.1, 0.15) is 52.4 Å². The molecule has 26 heavy (non-hydrogen) atoms. The first-order valence-corrected chi connectivity index (χ1v) is 10.4. The zero-order chi connectivity index (χ0) is 18.6. The van der Waals surface area contributed by atoms with Gasteiger partial charge in [0.2, 0.25) is 11.8 Å². The molecule has 0 saturated carbocycles. The highest BCUT2D eigenvalue weighted by atomic mass is 16.2. The van der Waals surface area contributed by atoms with E-state index in [9.17, 15) is 9.59 Å². The van der Waals surface area contributed by atoms with Crippen LogP contribution in [0.4, 0.5) is 0 Å². The first kappa shape index (κ1) is 19.4. The molecule has 2 amide bonds. The van der Waals surface area contributed by atoms with Crippen molar-refractivity contribution in [2.24, 2.45) is 11.3 Å². The largest absolute Gasteiger partial charge is 0.342 e. The van der Waals surface area contributed by atoms with Crippen LogP contribution in [0.25, 0.3) is 0 Å². The molecule has 0 aromatic rings. The highest BCUT2D eigenvalue weighted by molar-refractivity contribution is 5.87. The highest BCUT2D eigenvalue weighted by Gasteiger charge is 2.40. The smallest absolute Gasteiger partial charge is 0.246 e. The van der Waals surface area contributed by atoms with Crippen LogP contribution in [-0.2, 0) is 9.59 Å². The van der Waals surface area contributed by atoms with Crippen molar-refractivity contribution in [3.05, 3.63) is 12.2 Å². The minimum Gasteiger partial charge on any atom is -0.342 e. The van der Waals surface area contributed by atoms with Crippen LogP contribution in [0, 0.1) is 11.3 Å². The van der Waals surface area contributed by atoms with Crippen molar-refractivity contribution >= 4 is 11.8 Å². The second-order valence-electron chi connectivity index (χ2n) is 8.87. The van der Waals surface area contributed by atoms with Crippen LogP contribution in [0.2, 0.25) is 0 Å². The summed E-state index contributed by atoms with van der Waals surface area (Å²) in [6, 6.07) is 0. The number of carbonyl (C=O) groups excluding carboxylic acids is 2. The Morgan fingerprint density at radius 1 is 0.923 bits per heavy atom. The molecule has 0 bridgehead atoms. The van der Waals surface area contributed by atoms with Crippen LogP contribution in [0.3, 0.4) is 0 Å². The van der Waals surface area contributed by atoms with Crippen molar-refractivity contribution in [1.29, 1.82) is 0 Å². The summed E-state index contributed by atoms with van der Waals surface area (Å²) in [5.74, 6) is 0.852. The maximum atomic E-state index is 12.5. The molecule has 3 rings (SSSR count). The Hall–Kier alpha value is -1.36. The van der Waals surface area contributed by atoms with Gasteiger partial charge < -0.3 is 9.80 Å². The normalized spacial score (nSPS) is 27.8. The molecule has 0 radical (unpaired) electrons. The molecule has 3 aliphatic rings. The van der Waals surface area contributed by atoms with Crippen LogP contribution in [-0.4, -0.2) is 72.3 Å². The number of hydrogen-bond donors (Lipinski definition) is 0. The zero-order valence-corrected chi connectivity index (χ0v) is 16.6. The Morgan fingerprint density at radius 3 is 2.27 bits per heavy atom. The van der Waals surface area contributed by atoms with E-state index in [-0.39, 0.29) is 11.3 Å². The quantitative estimate of drug-likeness (QED) is 0.723. The van der Waals surface area contributed by atoms with Crippen molar-refractivity contribution in [3.8, 4) is 0 Å². The van der Waals surface area contributed by atoms with Gasteiger partial charge in [-0.25, -0.2) is 0 Å². The molecule has 146 valence electrons. The monoisotopic (exact) mass is 361 g/mol. The Morgan fingerprint density at radius 2 is 1.58 bits per heavy atom. The Labute approximate surface area is 158 Å². The fraction of sp³-hybridized carbons (Fsp3) is 0.810. The number of piperidine rings is 2. The van der Waals surface area contributed by atoms with Gasteiger partial charge in [-0.2, -0.15) is 0 Å². The number of likely N-dealkylation sites (tertiary alicyclic amines) is 3. The topological polar surface area (TPSA) is 43.9 Å². The lowest BCUT2D eigenvalue weighted by Crippen LogP contribution is -2.54. The van der Waals surface area contributed by atoms with Crippen molar-refractivity contribution < 1.29 is 9.59 Å². The molecule has 5 nitrogen and oxygen atoms in total. The molecular weight excluding hydrogens is 326 g/mol. The molecule has 1 unspecified atom stereocenters. The number of allylic oxidation sites excluding steroid dienone is 1. The summed E-state index contributed by atoms with van der Waals surface area (Å²) in [4.78, 5) is 31.5. The van der Waals surface area contributed by atoms with Gasteiger partial charge in [0.05, 0.1) is 6.54 Å². The molecule has 5 heteroatoms.